The number of hydrogen-bond donors (Lipinski definition) is 1. The lowest BCUT2D eigenvalue weighted by Gasteiger charge is -2.33. The lowest BCUT2D eigenvalue weighted by molar-refractivity contribution is 0.0955. The van der Waals surface area contributed by atoms with E-state index in [9.17, 15) is 4.79 Å². The molecule has 142 valence electrons. The lowest BCUT2D eigenvalue weighted by Crippen LogP contribution is -2.38. The Labute approximate surface area is 160 Å². The number of piperidine rings is 1. The number of rotatable bonds is 6. The van der Waals surface area contributed by atoms with Crippen molar-refractivity contribution >= 4 is 27.5 Å². The second-order valence-corrected chi connectivity index (χ2v) is 8.44. The van der Waals surface area contributed by atoms with Gasteiger partial charge in [-0.05, 0) is 72.0 Å². The molecule has 1 atom stereocenters. The zero-order chi connectivity index (χ0) is 18.7. The van der Waals surface area contributed by atoms with Crippen LogP contribution in [-0.2, 0) is 0 Å². The van der Waals surface area contributed by atoms with Gasteiger partial charge in [0.1, 0.15) is 10.7 Å². The quantitative estimate of drug-likeness (QED) is 0.777. The number of amides is 1. The van der Waals surface area contributed by atoms with E-state index in [0.29, 0.717) is 6.04 Å². The first-order valence-corrected chi connectivity index (χ1v) is 10.6. The van der Waals surface area contributed by atoms with Gasteiger partial charge in [-0.15, -0.1) is 11.3 Å². The molecule has 3 rings (SSSR count). The first-order valence-electron chi connectivity index (χ1n) is 9.74. The van der Waals surface area contributed by atoms with Crippen LogP contribution in [0.4, 0.5) is 0 Å². The van der Waals surface area contributed by atoms with Crippen molar-refractivity contribution in [3.05, 3.63) is 22.0 Å². The van der Waals surface area contributed by atoms with E-state index in [2.05, 4.69) is 27.1 Å². The first kappa shape index (κ1) is 19.2. The molecule has 6 heteroatoms. The van der Waals surface area contributed by atoms with Gasteiger partial charge in [0.05, 0.1) is 4.88 Å². The number of fused-ring (bicyclic) bond motifs is 1. The SMILES string of the molecule is Cc1nc(C)c2c(C)c(C(=O)NCCCCN3CCCCC3C)sc2n1. The number of aryl methyl sites for hydroxylation is 3. The Bertz CT molecular complexity index is 786. The number of carbonyl (C=O) groups is 1. The van der Waals surface area contributed by atoms with Gasteiger partial charge >= 0.3 is 0 Å². The normalized spacial score (nSPS) is 18.4. The number of nitrogens with one attached hydrogen (secondary N) is 1. The third-order valence-corrected chi connectivity index (χ3v) is 6.57. The van der Waals surface area contributed by atoms with Gasteiger partial charge in [0.25, 0.3) is 5.91 Å². The van der Waals surface area contributed by atoms with Crippen molar-refractivity contribution in [2.24, 2.45) is 0 Å². The van der Waals surface area contributed by atoms with Crippen LogP contribution >= 0.6 is 11.3 Å². The van der Waals surface area contributed by atoms with Gasteiger partial charge in [0.15, 0.2) is 0 Å². The van der Waals surface area contributed by atoms with Crippen LogP contribution in [0.3, 0.4) is 0 Å². The molecule has 5 nitrogen and oxygen atoms in total. The third-order valence-electron chi connectivity index (χ3n) is 5.39. The minimum absolute atomic E-state index is 0.0221. The molecule has 0 bridgehead atoms. The Morgan fingerprint density at radius 3 is 2.81 bits per heavy atom. The Balaban J connectivity index is 1.51. The monoisotopic (exact) mass is 374 g/mol. The van der Waals surface area contributed by atoms with E-state index >= 15 is 0 Å². The van der Waals surface area contributed by atoms with Gasteiger partial charge in [-0.25, -0.2) is 9.97 Å². The molecule has 1 aliphatic rings. The first-order chi connectivity index (χ1) is 12.5. The smallest absolute Gasteiger partial charge is 0.261 e. The van der Waals surface area contributed by atoms with E-state index in [1.54, 1.807) is 0 Å². The van der Waals surface area contributed by atoms with E-state index in [1.165, 1.54) is 37.1 Å². The molecule has 1 unspecified atom stereocenters. The lowest BCUT2D eigenvalue weighted by atomic mass is 10.0. The van der Waals surface area contributed by atoms with Gasteiger partial charge in [0.2, 0.25) is 0 Å². The average molecular weight is 375 g/mol. The number of thiophene rings is 1. The molecular formula is C20H30N4OS. The summed E-state index contributed by atoms with van der Waals surface area (Å²) in [5, 5.41) is 4.12. The molecule has 1 fully saturated rings. The Kier molecular flexibility index (Phi) is 6.24. The summed E-state index contributed by atoms with van der Waals surface area (Å²) in [6.45, 7) is 11.3. The molecule has 1 saturated heterocycles. The molecule has 2 aromatic rings. The highest BCUT2D eigenvalue weighted by atomic mass is 32.1. The molecule has 0 saturated carbocycles. The van der Waals surface area contributed by atoms with Crippen molar-refractivity contribution < 1.29 is 4.79 Å². The maximum Gasteiger partial charge on any atom is 0.261 e. The average Bonchev–Trinajstić information content (AvgIpc) is 2.92. The van der Waals surface area contributed by atoms with Crippen LogP contribution < -0.4 is 5.32 Å². The van der Waals surface area contributed by atoms with Gasteiger partial charge in [-0.2, -0.15) is 0 Å². The molecule has 1 aliphatic heterocycles. The number of hydrogen-bond acceptors (Lipinski definition) is 5. The predicted molar refractivity (Wildman–Crippen MR) is 108 cm³/mol. The molecular weight excluding hydrogens is 344 g/mol. The van der Waals surface area contributed by atoms with Crippen molar-refractivity contribution in [3.8, 4) is 0 Å². The number of unbranched alkanes of at least 4 members (excludes halogenated alkanes) is 1. The van der Waals surface area contributed by atoms with Crippen LogP contribution in [-0.4, -0.2) is 46.5 Å². The number of aromatic nitrogens is 2. The molecule has 26 heavy (non-hydrogen) atoms. The van der Waals surface area contributed by atoms with E-state index in [4.69, 9.17) is 0 Å². The third kappa shape index (κ3) is 4.23. The standard InChI is InChI=1S/C20H30N4OS/c1-13-9-5-7-11-24(13)12-8-6-10-21-19(25)18-14(2)17-15(3)22-16(4)23-20(17)26-18/h13H,5-12H2,1-4H3,(H,21,25). The zero-order valence-electron chi connectivity index (χ0n) is 16.4. The summed E-state index contributed by atoms with van der Waals surface area (Å²) in [5.41, 5.74) is 1.96. The van der Waals surface area contributed by atoms with E-state index in [1.807, 2.05) is 20.8 Å². The van der Waals surface area contributed by atoms with Crippen LogP contribution in [0, 0.1) is 20.8 Å². The van der Waals surface area contributed by atoms with Crippen molar-refractivity contribution in [3.63, 3.8) is 0 Å². The molecule has 0 aliphatic carbocycles. The minimum Gasteiger partial charge on any atom is -0.351 e. The van der Waals surface area contributed by atoms with Crippen molar-refractivity contribution in [2.75, 3.05) is 19.6 Å². The molecule has 0 aromatic carbocycles. The van der Waals surface area contributed by atoms with E-state index < -0.39 is 0 Å². The summed E-state index contributed by atoms with van der Waals surface area (Å²) in [4.78, 5) is 25.8. The molecule has 0 radical (unpaired) electrons. The van der Waals surface area contributed by atoms with Crippen LogP contribution in [0.25, 0.3) is 10.2 Å². The van der Waals surface area contributed by atoms with E-state index in [0.717, 1.165) is 58.1 Å². The van der Waals surface area contributed by atoms with Gasteiger partial charge < -0.3 is 10.2 Å². The highest BCUT2D eigenvalue weighted by molar-refractivity contribution is 7.20. The van der Waals surface area contributed by atoms with Gasteiger partial charge in [-0.3, -0.25) is 4.79 Å². The minimum atomic E-state index is 0.0221. The van der Waals surface area contributed by atoms with Crippen molar-refractivity contribution in [1.82, 2.24) is 20.2 Å². The molecule has 1 amide bonds. The van der Waals surface area contributed by atoms with Crippen LogP contribution in [0.1, 0.15) is 65.8 Å². The van der Waals surface area contributed by atoms with Crippen LogP contribution in [0.2, 0.25) is 0 Å². The Morgan fingerprint density at radius 1 is 1.23 bits per heavy atom. The second kappa shape index (κ2) is 8.44. The summed E-state index contributed by atoms with van der Waals surface area (Å²) in [6, 6.07) is 0.715. The van der Waals surface area contributed by atoms with Gasteiger partial charge in [-0.1, -0.05) is 6.42 Å². The summed E-state index contributed by atoms with van der Waals surface area (Å²) in [7, 11) is 0. The van der Waals surface area contributed by atoms with Gasteiger partial charge in [0, 0.05) is 23.7 Å². The second-order valence-electron chi connectivity index (χ2n) is 7.44. The Morgan fingerprint density at radius 2 is 2.04 bits per heavy atom. The number of carbonyl (C=O) groups excluding carboxylic acids is 1. The fourth-order valence-corrected chi connectivity index (χ4v) is 5.10. The fourth-order valence-electron chi connectivity index (χ4n) is 3.90. The summed E-state index contributed by atoms with van der Waals surface area (Å²) in [5.74, 6) is 0.782. The number of nitrogens with zero attached hydrogens (tertiary/aromatic N) is 3. The predicted octanol–water partition coefficient (Wildman–Crippen LogP) is 4.00. The molecule has 1 N–H and O–H groups in total. The molecule has 2 aromatic heterocycles. The highest BCUT2D eigenvalue weighted by Crippen LogP contribution is 2.31. The summed E-state index contributed by atoms with van der Waals surface area (Å²) < 4.78 is 0. The molecule has 3 heterocycles. The fraction of sp³-hybridized carbons (Fsp3) is 0.650. The molecule has 0 spiro atoms. The maximum atomic E-state index is 12.6. The highest BCUT2D eigenvalue weighted by Gasteiger charge is 2.19. The van der Waals surface area contributed by atoms with Crippen molar-refractivity contribution in [1.29, 1.82) is 0 Å². The summed E-state index contributed by atoms with van der Waals surface area (Å²) >= 11 is 1.48. The maximum absolute atomic E-state index is 12.6. The Hall–Kier alpha value is -1.53. The van der Waals surface area contributed by atoms with Crippen LogP contribution in [0.15, 0.2) is 0 Å². The largest absolute Gasteiger partial charge is 0.351 e. The zero-order valence-corrected chi connectivity index (χ0v) is 17.2. The van der Waals surface area contributed by atoms with E-state index in [-0.39, 0.29) is 5.91 Å². The summed E-state index contributed by atoms with van der Waals surface area (Å²) in [6.07, 6.45) is 6.18. The van der Waals surface area contributed by atoms with Crippen molar-refractivity contribution in [2.45, 2.75) is 65.8 Å². The topological polar surface area (TPSA) is 58.1 Å². The van der Waals surface area contributed by atoms with Crippen LogP contribution in [0.5, 0.6) is 0 Å². The number of likely N-dealkylation sites (tertiary alicyclic amines) is 1.